The number of anilines is 1. The Balaban J connectivity index is 1.42. The lowest BCUT2D eigenvalue weighted by atomic mass is 9.96. The van der Waals surface area contributed by atoms with Gasteiger partial charge in [0.05, 0.1) is 0 Å². The lowest BCUT2D eigenvalue weighted by Crippen LogP contribution is -2.55. The number of ether oxygens (including phenoxy) is 1. The summed E-state index contributed by atoms with van der Waals surface area (Å²) in [7, 11) is -3.83. The van der Waals surface area contributed by atoms with Crippen LogP contribution >= 0.6 is 0 Å². The second kappa shape index (κ2) is 8.73. The Morgan fingerprint density at radius 3 is 2.24 bits per heavy atom. The van der Waals surface area contributed by atoms with Crippen molar-refractivity contribution in [3.8, 4) is 5.75 Å². The molecule has 3 heterocycles. The molecule has 1 aromatic heterocycles. The minimum atomic E-state index is -3.83. The zero-order valence-corrected chi connectivity index (χ0v) is 19.4. The number of aromatic nitrogens is 1. The fourth-order valence-corrected chi connectivity index (χ4v) is 5.11. The number of fused-ring (bicyclic) bond motifs is 2. The van der Waals surface area contributed by atoms with Crippen LogP contribution in [0.1, 0.15) is 39.5 Å². The van der Waals surface area contributed by atoms with Crippen molar-refractivity contribution in [2.75, 3.05) is 4.90 Å². The normalized spacial score (nSPS) is 22.5. The minimum Gasteiger partial charge on any atom is -0.472 e. The van der Waals surface area contributed by atoms with E-state index in [1.165, 1.54) is 26.1 Å². The number of nitrogens with one attached hydrogen (secondary N) is 1. The first-order valence-electron chi connectivity index (χ1n) is 10.8. The Bertz CT molecular complexity index is 1170. The smallest absolute Gasteiger partial charge is 0.263 e. The van der Waals surface area contributed by atoms with E-state index in [0.717, 1.165) is 12.8 Å². The average molecular weight is 499 g/mol. The van der Waals surface area contributed by atoms with Crippen molar-refractivity contribution >= 4 is 21.7 Å². The number of carbonyl (C=O) groups excluding carboxylic acids is 1. The van der Waals surface area contributed by atoms with Crippen LogP contribution in [0.25, 0.3) is 0 Å². The van der Waals surface area contributed by atoms with Gasteiger partial charge < -0.3 is 15.0 Å². The van der Waals surface area contributed by atoms with Gasteiger partial charge in [0.25, 0.3) is 5.91 Å². The Labute approximate surface area is 195 Å². The molecule has 34 heavy (non-hydrogen) atoms. The number of hydrogen-bond acceptors (Lipinski definition) is 6. The van der Waals surface area contributed by atoms with Crippen LogP contribution in [0.4, 0.5) is 19.0 Å². The maximum Gasteiger partial charge on any atom is 0.263 e. The predicted octanol–water partition coefficient (Wildman–Crippen LogP) is 2.62. The van der Waals surface area contributed by atoms with E-state index < -0.39 is 44.7 Å². The van der Waals surface area contributed by atoms with Crippen LogP contribution in [-0.2, 0) is 14.8 Å². The van der Waals surface area contributed by atoms with Crippen LogP contribution in [0, 0.1) is 17.5 Å². The molecule has 184 valence electrons. The number of rotatable bonds is 6. The summed E-state index contributed by atoms with van der Waals surface area (Å²) in [6, 6.07) is 3.97. The second-order valence-electron chi connectivity index (χ2n) is 9.14. The number of amides is 1. The molecule has 0 spiro atoms. The molecule has 3 atom stereocenters. The van der Waals surface area contributed by atoms with Gasteiger partial charge in [-0.15, -0.1) is 0 Å². The van der Waals surface area contributed by atoms with Crippen molar-refractivity contribution in [1.29, 1.82) is 0 Å². The molecule has 3 N–H and O–H groups in total. The monoisotopic (exact) mass is 498 g/mol. The van der Waals surface area contributed by atoms with Crippen LogP contribution in [0.15, 0.2) is 35.4 Å². The molecule has 8 nitrogen and oxygen atoms in total. The minimum absolute atomic E-state index is 0.0676. The summed E-state index contributed by atoms with van der Waals surface area (Å²) in [6.07, 6.45) is 4.20. The third kappa shape index (κ3) is 4.83. The molecule has 1 aromatic carbocycles. The van der Waals surface area contributed by atoms with E-state index in [1.54, 1.807) is 6.07 Å². The Hall–Kier alpha value is -2.86. The van der Waals surface area contributed by atoms with Gasteiger partial charge in [-0.2, -0.15) is 0 Å². The number of pyridine rings is 1. The highest BCUT2D eigenvalue weighted by Gasteiger charge is 2.43. The van der Waals surface area contributed by atoms with Crippen LogP contribution in [0.2, 0.25) is 0 Å². The molecular weight excluding hydrogens is 473 g/mol. The Kier molecular flexibility index (Phi) is 6.23. The van der Waals surface area contributed by atoms with Crippen LogP contribution in [0.5, 0.6) is 5.75 Å². The topological polar surface area (TPSA) is 115 Å². The number of hydrogen-bond donors (Lipinski definition) is 2. The van der Waals surface area contributed by atoms with Crippen LogP contribution in [-0.4, -0.2) is 43.0 Å². The number of sulfonamides is 1. The van der Waals surface area contributed by atoms with Gasteiger partial charge in [0.15, 0.2) is 23.0 Å². The fourth-order valence-electron chi connectivity index (χ4n) is 4.65. The van der Waals surface area contributed by atoms with Crippen LogP contribution < -0.4 is 20.1 Å². The number of halogens is 3. The first kappa shape index (κ1) is 24.3. The maximum absolute atomic E-state index is 14.0. The van der Waals surface area contributed by atoms with Crippen molar-refractivity contribution in [3.05, 3.63) is 47.9 Å². The van der Waals surface area contributed by atoms with E-state index in [4.69, 9.17) is 9.88 Å². The molecule has 0 aliphatic carbocycles. The maximum atomic E-state index is 14.0. The van der Waals surface area contributed by atoms with Crippen molar-refractivity contribution in [1.82, 2.24) is 10.3 Å². The molecule has 12 heteroatoms. The molecule has 2 bridgehead atoms. The number of piperidine rings is 1. The molecule has 0 radical (unpaired) electrons. The van der Waals surface area contributed by atoms with Gasteiger partial charge in [0.1, 0.15) is 16.5 Å². The summed E-state index contributed by atoms with van der Waals surface area (Å²) in [5.74, 6) is -4.28. The average Bonchev–Trinajstić information content (AvgIpc) is 3.00. The molecule has 2 aromatic rings. The van der Waals surface area contributed by atoms with Gasteiger partial charge >= 0.3 is 0 Å². The number of primary sulfonamides is 1. The molecule has 1 amide bonds. The van der Waals surface area contributed by atoms with E-state index in [-0.39, 0.29) is 23.0 Å². The fraction of sp³-hybridized carbons (Fsp3) is 0.455. The SMILES string of the molecule is CC(C)(Oc1c(F)cc(F)cc1F)C(=O)NC1C[C@H]2CC[C@@H](C1)N2c1ccc(S(N)(=O)=O)cn1. The number of nitrogens with two attached hydrogens (primary N) is 1. The number of carbonyl (C=O) groups is 1. The quantitative estimate of drug-likeness (QED) is 0.633. The van der Waals surface area contributed by atoms with Gasteiger partial charge in [-0.25, -0.2) is 31.7 Å². The summed E-state index contributed by atoms with van der Waals surface area (Å²) in [5, 5.41) is 8.04. The lowest BCUT2D eigenvalue weighted by molar-refractivity contribution is -0.135. The highest BCUT2D eigenvalue weighted by atomic mass is 32.2. The zero-order chi connectivity index (χ0) is 24.8. The van der Waals surface area contributed by atoms with Crippen molar-refractivity contribution < 1.29 is 31.1 Å². The number of benzene rings is 1. The van der Waals surface area contributed by atoms with Gasteiger partial charge in [0.2, 0.25) is 10.0 Å². The summed E-state index contributed by atoms with van der Waals surface area (Å²) in [6.45, 7) is 2.76. The van der Waals surface area contributed by atoms with Gasteiger partial charge in [-0.3, -0.25) is 4.79 Å². The standard InChI is InChI=1S/C22H25F3N4O4S/c1-22(2,33-20-17(24)7-12(23)8-18(20)25)21(30)28-13-9-14-3-4-15(10-13)29(14)19-6-5-16(11-27-19)34(26,31)32/h5-8,11,13-15H,3-4,9-10H2,1-2H3,(H,28,30)(H2,26,31,32)/t13?,14-,15+. The van der Waals surface area contributed by atoms with E-state index in [1.807, 2.05) is 0 Å². The first-order chi connectivity index (χ1) is 15.8. The molecule has 2 fully saturated rings. The third-order valence-electron chi connectivity index (χ3n) is 6.25. The van der Waals surface area contributed by atoms with Gasteiger partial charge in [-0.1, -0.05) is 0 Å². The predicted molar refractivity (Wildman–Crippen MR) is 117 cm³/mol. The highest BCUT2D eigenvalue weighted by Crippen LogP contribution is 2.39. The Morgan fingerprint density at radius 1 is 1.15 bits per heavy atom. The van der Waals surface area contributed by atoms with Crippen LogP contribution in [0.3, 0.4) is 0 Å². The molecule has 4 rings (SSSR count). The van der Waals surface area contributed by atoms with Crippen molar-refractivity contribution in [3.63, 3.8) is 0 Å². The highest BCUT2D eigenvalue weighted by molar-refractivity contribution is 7.89. The molecule has 2 aliphatic rings. The summed E-state index contributed by atoms with van der Waals surface area (Å²) >= 11 is 0. The Morgan fingerprint density at radius 2 is 1.74 bits per heavy atom. The van der Waals surface area contributed by atoms with Gasteiger partial charge in [0, 0.05) is 36.5 Å². The van der Waals surface area contributed by atoms with E-state index >= 15 is 0 Å². The first-order valence-corrected chi connectivity index (χ1v) is 12.3. The summed E-state index contributed by atoms with van der Waals surface area (Å²) in [4.78, 5) is 19.2. The largest absolute Gasteiger partial charge is 0.472 e. The molecule has 2 aliphatic heterocycles. The molecular formula is C22H25F3N4O4S. The number of nitrogens with zero attached hydrogens (tertiary/aromatic N) is 2. The zero-order valence-electron chi connectivity index (χ0n) is 18.6. The second-order valence-corrected chi connectivity index (χ2v) is 10.7. The van der Waals surface area contributed by atoms with E-state index in [2.05, 4.69) is 15.2 Å². The van der Waals surface area contributed by atoms with E-state index in [0.29, 0.717) is 30.8 Å². The molecule has 2 saturated heterocycles. The summed E-state index contributed by atoms with van der Waals surface area (Å²) in [5.41, 5.74) is -1.61. The van der Waals surface area contributed by atoms with Crippen molar-refractivity contribution in [2.45, 2.75) is 68.2 Å². The van der Waals surface area contributed by atoms with E-state index in [9.17, 15) is 26.4 Å². The molecule has 0 saturated carbocycles. The van der Waals surface area contributed by atoms with Gasteiger partial charge in [-0.05, 0) is 51.7 Å². The third-order valence-corrected chi connectivity index (χ3v) is 7.15. The summed E-state index contributed by atoms with van der Waals surface area (Å²) < 4.78 is 69.4. The lowest BCUT2D eigenvalue weighted by Gasteiger charge is -2.40. The molecule has 1 unspecified atom stereocenters. The van der Waals surface area contributed by atoms with Crippen molar-refractivity contribution in [2.24, 2.45) is 5.14 Å².